The van der Waals surface area contributed by atoms with Crippen LogP contribution in [0.15, 0.2) is 28.7 Å². The van der Waals surface area contributed by atoms with Gasteiger partial charge in [-0.3, -0.25) is 0 Å². The minimum atomic E-state index is 0.422. The molecule has 1 aromatic carbocycles. The molecule has 0 amide bonds. The normalized spacial score (nSPS) is 12.4. The summed E-state index contributed by atoms with van der Waals surface area (Å²) in [7, 11) is 1.74. The van der Waals surface area contributed by atoms with E-state index in [9.17, 15) is 0 Å². The van der Waals surface area contributed by atoms with Crippen LogP contribution in [0.2, 0.25) is 0 Å². The predicted molar refractivity (Wildman–Crippen MR) is 78.2 cm³/mol. The number of hydrogen-bond acceptors (Lipinski definition) is 3. The topological polar surface area (TPSA) is 30.5 Å². The lowest BCUT2D eigenvalue weighted by atomic mass is 10.2. The molecule has 0 spiro atoms. The fourth-order valence-electron chi connectivity index (χ4n) is 1.78. The molecule has 1 rings (SSSR count). The van der Waals surface area contributed by atoms with Crippen LogP contribution in [0.1, 0.15) is 19.8 Å². The first-order valence-electron chi connectivity index (χ1n) is 6.37. The molecule has 0 aliphatic carbocycles. The molecule has 1 N–H and O–H groups in total. The summed E-state index contributed by atoms with van der Waals surface area (Å²) >= 11 is 3.42. The lowest BCUT2D eigenvalue weighted by Gasteiger charge is -2.17. The van der Waals surface area contributed by atoms with E-state index < -0.39 is 0 Å². The van der Waals surface area contributed by atoms with E-state index in [1.165, 1.54) is 0 Å². The second kappa shape index (κ2) is 9.36. The summed E-state index contributed by atoms with van der Waals surface area (Å²) in [6.07, 6.45) is 2.29. The molecule has 1 unspecified atom stereocenters. The van der Waals surface area contributed by atoms with E-state index in [0.717, 1.165) is 36.2 Å². The number of methoxy groups -OCH3 is 1. The van der Waals surface area contributed by atoms with Crippen LogP contribution in [0.3, 0.4) is 0 Å². The molecule has 0 bridgehead atoms. The molecular weight excluding hydrogens is 294 g/mol. The van der Waals surface area contributed by atoms with Crippen LogP contribution in [0, 0.1) is 0 Å². The maximum absolute atomic E-state index is 5.66. The molecule has 0 aromatic heterocycles. The highest BCUT2D eigenvalue weighted by Gasteiger charge is 2.05. The van der Waals surface area contributed by atoms with Gasteiger partial charge in [-0.15, -0.1) is 0 Å². The van der Waals surface area contributed by atoms with Crippen molar-refractivity contribution in [1.82, 2.24) is 5.32 Å². The maximum atomic E-state index is 5.66. The average Bonchev–Trinajstić information content (AvgIpc) is 2.35. The van der Waals surface area contributed by atoms with Crippen LogP contribution in [-0.2, 0) is 4.74 Å². The standard InChI is InChI=1S/C14H22BrNO2/c1-3-5-13(11-17-2)16-8-9-18-14-7-4-6-12(15)10-14/h4,6-7,10,13,16H,3,5,8-9,11H2,1-2H3. The van der Waals surface area contributed by atoms with Gasteiger partial charge in [0.05, 0.1) is 6.61 Å². The quantitative estimate of drug-likeness (QED) is 0.710. The van der Waals surface area contributed by atoms with E-state index in [-0.39, 0.29) is 0 Å². The van der Waals surface area contributed by atoms with Crippen LogP contribution in [0.25, 0.3) is 0 Å². The SMILES string of the molecule is CCCC(COC)NCCOc1cccc(Br)c1. The van der Waals surface area contributed by atoms with Gasteiger partial charge in [0.2, 0.25) is 0 Å². The summed E-state index contributed by atoms with van der Waals surface area (Å²) in [6, 6.07) is 8.31. The van der Waals surface area contributed by atoms with Crippen molar-refractivity contribution >= 4 is 15.9 Å². The first kappa shape index (κ1) is 15.5. The summed E-state index contributed by atoms with van der Waals surface area (Å²) in [5, 5.41) is 3.44. The van der Waals surface area contributed by atoms with Crippen molar-refractivity contribution in [3.63, 3.8) is 0 Å². The van der Waals surface area contributed by atoms with Gasteiger partial charge in [0.1, 0.15) is 12.4 Å². The summed E-state index contributed by atoms with van der Waals surface area (Å²) in [5.74, 6) is 0.893. The van der Waals surface area contributed by atoms with Crippen molar-refractivity contribution in [2.24, 2.45) is 0 Å². The number of hydrogen-bond donors (Lipinski definition) is 1. The lowest BCUT2D eigenvalue weighted by Crippen LogP contribution is -2.35. The van der Waals surface area contributed by atoms with Crippen molar-refractivity contribution in [2.45, 2.75) is 25.8 Å². The average molecular weight is 316 g/mol. The molecule has 3 nitrogen and oxygen atoms in total. The van der Waals surface area contributed by atoms with Crippen LogP contribution in [0.4, 0.5) is 0 Å². The van der Waals surface area contributed by atoms with Gasteiger partial charge in [0.15, 0.2) is 0 Å². The molecule has 4 heteroatoms. The monoisotopic (exact) mass is 315 g/mol. The molecule has 0 fully saturated rings. The molecule has 102 valence electrons. The van der Waals surface area contributed by atoms with Crippen molar-refractivity contribution < 1.29 is 9.47 Å². The van der Waals surface area contributed by atoms with Gasteiger partial charge in [0.25, 0.3) is 0 Å². The zero-order chi connectivity index (χ0) is 13.2. The number of rotatable bonds is 9. The van der Waals surface area contributed by atoms with Crippen LogP contribution in [-0.4, -0.2) is 32.9 Å². The molecule has 18 heavy (non-hydrogen) atoms. The van der Waals surface area contributed by atoms with Gasteiger partial charge >= 0.3 is 0 Å². The van der Waals surface area contributed by atoms with E-state index in [1.807, 2.05) is 24.3 Å². The first-order valence-corrected chi connectivity index (χ1v) is 7.16. The van der Waals surface area contributed by atoms with Crippen molar-refractivity contribution in [3.8, 4) is 5.75 Å². The van der Waals surface area contributed by atoms with Crippen molar-refractivity contribution in [1.29, 1.82) is 0 Å². The molecule has 0 radical (unpaired) electrons. The molecule has 0 heterocycles. The van der Waals surface area contributed by atoms with Crippen LogP contribution in [0.5, 0.6) is 5.75 Å². The Balaban J connectivity index is 2.20. The minimum Gasteiger partial charge on any atom is -0.492 e. The van der Waals surface area contributed by atoms with Crippen molar-refractivity contribution in [3.05, 3.63) is 28.7 Å². The third-order valence-electron chi connectivity index (χ3n) is 2.60. The molecule has 0 saturated carbocycles. The van der Waals surface area contributed by atoms with Gasteiger partial charge in [0, 0.05) is 24.2 Å². The van der Waals surface area contributed by atoms with Crippen molar-refractivity contribution in [2.75, 3.05) is 26.9 Å². The van der Waals surface area contributed by atoms with E-state index in [2.05, 4.69) is 28.2 Å². The zero-order valence-electron chi connectivity index (χ0n) is 11.1. The van der Waals surface area contributed by atoms with Gasteiger partial charge in [-0.05, 0) is 24.6 Å². The number of halogens is 1. The Labute approximate surface area is 118 Å². The molecule has 1 aromatic rings. The predicted octanol–water partition coefficient (Wildman–Crippen LogP) is 3.23. The Bertz CT molecular complexity index is 327. The molecule has 0 aliphatic rings. The third kappa shape index (κ3) is 6.38. The highest BCUT2D eigenvalue weighted by atomic mass is 79.9. The highest BCUT2D eigenvalue weighted by Crippen LogP contribution is 2.17. The second-order valence-electron chi connectivity index (χ2n) is 4.20. The zero-order valence-corrected chi connectivity index (χ0v) is 12.7. The summed E-state index contributed by atoms with van der Waals surface area (Å²) in [4.78, 5) is 0. The van der Waals surface area contributed by atoms with E-state index >= 15 is 0 Å². The Morgan fingerprint density at radius 1 is 1.39 bits per heavy atom. The third-order valence-corrected chi connectivity index (χ3v) is 3.10. The second-order valence-corrected chi connectivity index (χ2v) is 5.12. The molecule has 0 saturated heterocycles. The van der Waals surface area contributed by atoms with Crippen LogP contribution < -0.4 is 10.1 Å². The van der Waals surface area contributed by atoms with E-state index in [1.54, 1.807) is 7.11 Å². The largest absolute Gasteiger partial charge is 0.492 e. The van der Waals surface area contributed by atoms with Gasteiger partial charge in [-0.2, -0.15) is 0 Å². The number of nitrogens with one attached hydrogen (secondary N) is 1. The molecule has 1 atom stereocenters. The molecule has 0 aliphatic heterocycles. The summed E-state index contributed by atoms with van der Waals surface area (Å²) in [5.41, 5.74) is 0. The fraction of sp³-hybridized carbons (Fsp3) is 0.571. The van der Waals surface area contributed by atoms with Gasteiger partial charge in [-0.1, -0.05) is 35.3 Å². The highest BCUT2D eigenvalue weighted by molar-refractivity contribution is 9.10. The lowest BCUT2D eigenvalue weighted by molar-refractivity contribution is 0.158. The Morgan fingerprint density at radius 3 is 2.89 bits per heavy atom. The van der Waals surface area contributed by atoms with E-state index in [4.69, 9.17) is 9.47 Å². The van der Waals surface area contributed by atoms with E-state index in [0.29, 0.717) is 12.6 Å². The smallest absolute Gasteiger partial charge is 0.120 e. The summed E-state index contributed by atoms with van der Waals surface area (Å²) < 4.78 is 11.9. The summed E-state index contributed by atoms with van der Waals surface area (Å²) in [6.45, 7) is 4.44. The fourth-order valence-corrected chi connectivity index (χ4v) is 2.16. The van der Waals surface area contributed by atoms with Crippen LogP contribution >= 0.6 is 15.9 Å². The Kier molecular flexibility index (Phi) is 8.05. The molecular formula is C14H22BrNO2. The van der Waals surface area contributed by atoms with Gasteiger partial charge < -0.3 is 14.8 Å². The van der Waals surface area contributed by atoms with Gasteiger partial charge in [-0.25, -0.2) is 0 Å². The number of ether oxygens (including phenoxy) is 2. The number of benzene rings is 1. The Hall–Kier alpha value is -0.580. The first-order chi connectivity index (χ1) is 8.76. The maximum Gasteiger partial charge on any atom is 0.120 e. The minimum absolute atomic E-state index is 0.422. The Morgan fingerprint density at radius 2 is 2.22 bits per heavy atom.